The summed E-state index contributed by atoms with van der Waals surface area (Å²) in [5.41, 5.74) is 6.19. The van der Waals surface area contributed by atoms with E-state index < -0.39 is 0 Å². The van der Waals surface area contributed by atoms with Gasteiger partial charge in [0.05, 0.1) is 5.69 Å². The molecule has 0 saturated carbocycles. The quantitative estimate of drug-likeness (QED) is 0.683. The number of fused-ring (bicyclic) bond motifs is 1. The summed E-state index contributed by atoms with van der Waals surface area (Å²) < 4.78 is 5.19. The fourth-order valence-corrected chi connectivity index (χ4v) is 2.97. The Balaban J connectivity index is 1.63. The Morgan fingerprint density at radius 1 is 1.23 bits per heavy atom. The summed E-state index contributed by atoms with van der Waals surface area (Å²) in [5, 5.41) is 8.82. The summed E-state index contributed by atoms with van der Waals surface area (Å²) in [6, 6.07) is 6.54. The second-order valence-electron chi connectivity index (χ2n) is 5.74. The van der Waals surface area contributed by atoms with Crippen LogP contribution in [-0.4, -0.2) is 16.7 Å². The molecule has 0 spiro atoms. The minimum absolute atomic E-state index is 0.809. The zero-order valence-corrected chi connectivity index (χ0v) is 13.5. The Labute approximate surface area is 130 Å². The molecular formula is C18H23N3O. The first-order chi connectivity index (χ1) is 10.7. The van der Waals surface area contributed by atoms with Crippen LogP contribution in [0.4, 0.5) is 0 Å². The summed E-state index contributed by atoms with van der Waals surface area (Å²) in [4.78, 5) is 3.43. The summed E-state index contributed by atoms with van der Waals surface area (Å²) >= 11 is 0. The lowest BCUT2D eigenvalue weighted by molar-refractivity contribution is 0.392. The van der Waals surface area contributed by atoms with E-state index >= 15 is 0 Å². The fraction of sp³-hybridized carbons (Fsp3) is 0.389. The third kappa shape index (κ3) is 2.79. The average molecular weight is 297 g/mol. The lowest BCUT2D eigenvalue weighted by Crippen LogP contribution is -2.17. The first-order valence-corrected chi connectivity index (χ1v) is 7.91. The number of para-hydroxylation sites is 1. The molecular weight excluding hydrogens is 274 g/mol. The molecule has 3 rings (SSSR count). The van der Waals surface area contributed by atoms with Crippen molar-refractivity contribution < 1.29 is 4.52 Å². The first-order valence-electron chi connectivity index (χ1n) is 7.91. The Hall–Kier alpha value is -2.07. The molecule has 0 amide bonds. The van der Waals surface area contributed by atoms with Gasteiger partial charge in [-0.15, -0.1) is 0 Å². The Kier molecular flexibility index (Phi) is 4.29. The van der Waals surface area contributed by atoms with E-state index in [0.717, 1.165) is 37.4 Å². The average Bonchev–Trinajstić information content (AvgIpc) is 3.08. The third-order valence-electron chi connectivity index (χ3n) is 4.32. The van der Waals surface area contributed by atoms with Gasteiger partial charge in [0.25, 0.3) is 0 Å². The number of aryl methyl sites for hydroxylation is 3. The van der Waals surface area contributed by atoms with Gasteiger partial charge in [-0.1, -0.05) is 30.3 Å². The SMILES string of the molecule is CCc1cccc2c(CCNCc3c(C)noc3C)c[nH]c12. The molecule has 0 aliphatic rings. The number of rotatable bonds is 6. The minimum Gasteiger partial charge on any atom is -0.361 e. The molecule has 0 fully saturated rings. The maximum absolute atomic E-state index is 5.19. The standard InChI is InChI=1S/C18H23N3O/c1-4-14-6-5-7-16-15(10-20-18(14)16)8-9-19-11-17-12(2)21-22-13(17)3/h5-7,10,19-20H,4,8-9,11H2,1-3H3. The highest BCUT2D eigenvalue weighted by atomic mass is 16.5. The summed E-state index contributed by atoms with van der Waals surface area (Å²) in [6.45, 7) is 7.89. The third-order valence-corrected chi connectivity index (χ3v) is 4.32. The van der Waals surface area contributed by atoms with Crippen molar-refractivity contribution in [1.82, 2.24) is 15.5 Å². The van der Waals surface area contributed by atoms with Crippen molar-refractivity contribution in [3.8, 4) is 0 Å². The lowest BCUT2D eigenvalue weighted by Gasteiger charge is -2.04. The highest BCUT2D eigenvalue weighted by molar-refractivity contribution is 5.86. The molecule has 4 nitrogen and oxygen atoms in total. The summed E-state index contributed by atoms with van der Waals surface area (Å²) in [7, 11) is 0. The van der Waals surface area contributed by atoms with Gasteiger partial charge in [0.15, 0.2) is 0 Å². The lowest BCUT2D eigenvalue weighted by atomic mass is 10.1. The molecule has 4 heteroatoms. The number of hydrogen-bond donors (Lipinski definition) is 2. The van der Waals surface area contributed by atoms with E-state index in [9.17, 15) is 0 Å². The van der Waals surface area contributed by atoms with Crippen molar-refractivity contribution >= 4 is 10.9 Å². The monoisotopic (exact) mass is 297 g/mol. The molecule has 22 heavy (non-hydrogen) atoms. The molecule has 2 aromatic heterocycles. The van der Waals surface area contributed by atoms with Crippen molar-refractivity contribution in [3.63, 3.8) is 0 Å². The number of aromatic nitrogens is 2. The van der Waals surface area contributed by atoms with Gasteiger partial charge in [0.1, 0.15) is 5.76 Å². The molecule has 2 N–H and O–H groups in total. The molecule has 0 aliphatic heterocycles. The van der Waals surface area contributed by atoms with Crippen LogP contribution in [0, 0.1) is 13.8 Å². The zero-order chi connectivity index (χ0) is 15.5. The number of H-pyrrole nitrogens is 1. The van der Waals surface area contributed by atoms with E-state index in [1.165, 1.54) is 27.6 Å². The second-order valence-corrected chi connectivity index (χ2v) is 5.74. The van der Waals surface area contributed by atoms with Gasteiger partial charge >= 0.3 is 0 Å². The molecule has 1 aromatic carbocycles. The number of hydrogen-bond acceptors (Lipinski definition) is 3. The second kappa shape index (κ2) is 6.36. The molecule has 0 unspecified atom stereocenters. The molecule has 116 valence electrons. The summed E-state index contributed by atoms with van der Waals surface area (Å²) in [6.07, 6.45) is 4.21. The van der Waals surface area contributed by atoms with Crippen LogP contribution in [0.1, 0.15) is 35.1 Å². The van der Waals surface area contributed by atoms with Crippen LogP contribution in [-0.2, 0) is 19.4 Å². The zero-order valence-electron chi connectivity index (χ0n) is 13.5. The smallest absolute Gasteiger partial charge is 0.138 e. The maximum Gasteiger partial charge on any atom is 0.138 e. The molecule has 0 saturated heterocycles. The number of nitrogens with one attached hydrogen (secondary N) is 2. The van der Waals surface area contributed by atoms with Crippen LogP contribution in [0.2, 0.25) is 0 Å². The molecule has 3 aromatic rings. The van der Waals surface area contributed by atoms with Crippen LogP contribution in [0.3, 0.4) is 0 Å². The van der Waals surface area contributed by atoms with Gasteiger partial charge in [-0.2, -0.15) is 0 Å². The molecule has 0 aliphatic carbocycles. The van der Waals surface area contributed by atoms with Gasteiger partial charge in [-0.3, -0.25) is 0 Å². The van der Waals surface area contributed by atoms with Gasteiger partial charge in [-0.05, 0) is 44.4 Å². The highest BCUT2D eigenvalue weighted by Crippen LogP contribution is 2.22. The van der Waals surface area contributed by atoms with Crippen molar-refractivity contribution in [2.75, 3.05) is 6.54 Å². The van der Waals surface area contributed by atoms with Crippen LogP contribution < -0.4 is 5.32 Å². The van der Waals surface area contributed by atoms with E-state index in [0.29, 0.717) is 0 Å². The summed E-state index contributed by atoms with van der Waals surface area (Å²) in [5.74, 6) is 0.907. The van der Waals surface area contributed by atoms with E-state index in [2.05, 4.69) is 46.8 Å². The van der Waals surface area contributed by atoms with Crippen molar-refractivity contribution in [2.45, 2.75) is 40.2 Å². The van der Waals surface area contributed by atoms with Crippen LogP contribution in [0.5, 0.6) is 0 Å². The predicted molar refractivity (Wildman–Crippen MR) is 89.1 cm³/mol. The first kappa shape index (κ1) is 14.9. The highest BCUT2D eigenvalue weighted by Gasteiger charge is 2.09. The number of aromatic amines is 1. The normalized spacial score (nSPS) is 11.4. The molecule has 2 heterocycles. The fourth-order valence-electron chi connectivity index (χ4n) is 2.97. The van der Waals surface area contributed by atoms with E-state index in [1.54, 1.807) is 0 Å². The van der Waals surface area contributed by atoms with Crippen molar-refractivity contribution in [1.29, 1.82) is 0 Å². The Bertz CT molecular complexity index is 750. The molecule has 0 bridgehead atoms. The topological polar surface area (TPSA) is 53.9 Å². The minimum atomic E-state index is 0.809. The van der Waals surface area contributed by atoms with Crippen molar-refractivity contribution in [2.24, 2.45) is 0 Å². The molecule has 0 radical (unpaired) electrons. The number of benzene rings is 1. The Morgan fingerprint density at radius 3 is 2.82 bits per heavy atom. The maximum atomic E-state index is 5.19. The van der Waals surface area contributed by atoms with Gasteiger partial charge in [0.2, 0.25) is 0 Å². The molecule has 0 atom stereocenters. The van der Waals surface area contributed by atoms with Crippen LogP contribution >= 0.6 is 0 Å². The van der Waals surface area contributed by atoms with Crippen LogP contribution in [0.25, 0.3) is 10.9 Å². The predicted octanol–water partition coefficient (Wildman–Crippen LogP) is 3.67. The van der Waals surface area contributed by atoms with Crippen molar-refractivity contribution in [3.05, 3.63) is 52.5 Å². The van der Waals surface area contributed by atoms with Crippen LogP contribution in [0.15, 0.2) is 28.9 Å². The van der Waals surface area contributed by atoms with E-state index in [-0.39, 0.29) is 0 Å². The van der Waals surface area contributed by atoms with Gasteiger partial charge in [-0.25, -0.2) is 0 Å². The van der Waals surface area contributed by atoms with Gasteiger partial charge < -0.3 is 14.8 Å². The van der Waals surface area contributed by atoms with E-state index in [1.807, 2.05) is 13.8 Å². The largest absolute Gasteiger partial charge is 0.361 e. The number of nitrogens with zero attached hydrogens (tertiary/aromatic N) is 1. The van der Waals surface area contributed by atoms with E-state index in [4.69, 9.17) is 4.52 Å². The van der Waals surface area contributed by atoms with Gasteiger partial charge in [0, 0.05) is 29.2 Å². The Morgan fingerprint density at radius 2 is 2.09 bits per heavy atom.